The van der Waals surface area contributed by atoms with Crippen molar-refractivity contribution in [3.63, 3.8) is 0 Å². The molecule has 144 valence electrons. The molecule has 3 rings (SSSR count). The summed E-state index contributed by atoms with van der Waals surface area (Å²) in [7, 11) is 3.15. The molecule has 0 saturated carbocycles. The number of aromatic nitrogens is 2. The maximum Gasteiger partial charge on any atom is 0.289 e. The first-order valence-corrected chi connectivity index (χ1v) is 8.78. The minimum atomic E-state index is -0.408. The Labute approximate surface area is 167 Å². The van der Waals surface area contributed by atoms with Gasteiger partial charge in [0.2, 0.25) is 0 Å². The van der Waals surface area contributed by atoms with E-state index in [1.54, 1.807) is 57.5 Å². The summed E-state index contributed by atoms with van der Waals surface area (Å²) in [6.45, 7) is 1.79. The fraction of sp³-hybridized carbons (Fsp3) is 0.150. The summed E-state index contributed by atoms with van der Waals surface area (Å²) in [5.41, 5.74) is 5.56. The van der Waals surface area contributed by atoms with Crippen molar-refractivity contribution in [2.24, 2.45) is 5.10 Å². The number of H-pyrrole nitrogens is 1. The first kappa shape index (κ1) is 19.4. The molecule has 0 aliphatic carbocycles. The van der Waals surface area contributed by atoms with Crippen molar-refractivity contribution < 1.29 is 14.3 Å². The number of nitrogens with one attached hydrogen (secondary N) is 2. The van der Waals surface area contributed by atoms with Crippen molar-refractivity contribution in [3.05, 3.63) is 64.8 Å². The topological polar surface area (TPSA) is 88.6 Å². The highest BCUT2D eigenvalue weighted by atomic mass is 35.5. The van der Waals surface area contributed by atoms with Gasteiger partial charge in [0.15, 0.2) is 0 Å². The van der Waals surface area contributed by atoms with Gasteiger partial charge >= 0.3 is 0 Å². The molecule has 2 N–H and O–H groups in total. The lowest BCUT2D eigenvalue weighted by Gasteiger charge is -2.08. The van der Waals surface area contributed by atoms with Gasteiger partial charge in [0, 0.05) is 10.6 Å². The molecule has 0 radical (unpaired) electrons. The highest BCUT2D eigenvalue weighted by Crippen LogP contribution is 2.32. The van der Waals surface area contributed by atoms with E-state index in [1.807, 2.05) is 12.1 Å². The van der Waals surface area contributed by atoms with Crippen molar-refractivity contribution in [1.82, 2.24) is 15.6 Å². The SMILES string of the molecule is COc1ccc(OC)c(-c2cc(C(=O)N/N=C(/C)c3ccc(Cl)cc3)[nH]n2)c1. The molecule has 0 spiro atoms. The maximum absolute atomic E-state index is 12.4. The van der Waals surface area contributed by atoms with Crippen LogP contribution in [-0.4, -0.2) is 36.0 Å². The van der Waals surface area contributed by atoms with Gasteiger partial charge in [0.1, 0.15) is 17.2 Å². The minimum Gasteiger partial charge on any atom is -0.497 e. The van der Waals surface area contributed by atoms with E-state index >= 15 is 0 Å². The molecule has 0 aliphatic heterocycles. The van der Waals surface area contributed by atoms with E-state index in [-0.39, 0.29) is 5.69 Å². The van der Waals surface area contributed by atoms with E-state index in [2.05, 4.69) is 20.7 Å². The Bertz CT molecular complexity index is 1010. The summed E-state index contributed by atoms with van der Waals surface area (Å²) in [6, 6.07) is 14.2. The molecule has 0 unspecified atom stereocenters. The van der Waals surface area contributed by atoms with Gasteiger partial charge in [0.25, 0.3) is 5.91 Å². The normalized spacial score (nSPS) is 11.2. The lowest BCUT2D eigenvalue weighted by molar-refractivity contribution is 0.0950. The molecular formula is C20H19ClN4O3. The van der Waals surface area contributed by atoms with Gasteiger partial charge in [0.05, 0.1) is 25.6 Å². The molecule has 1 aromatic heterocycles. The van der Waals surface area contributed by atoms with Crippen molar-refractivity contribution in [3.8, 4) is 22.8 Å². The first-order chi connectivity index (χ1) is 13.5. The number of aromatic amines is 1. The van der Waals surface area contributed by atoms with Gasteiger partial charge in [-0.3, -0.25) is 9.89 Å². The largest absolute Gasteiger partial charge is 0.497 e. The molecule has 0 aliphatic rings. The molecular weight excluding hydrogens is 380 g/mol. The summed E-state index contributed by atoms with van der Waals surface area (Å²) in [5, 5.41) is 11.7. The Morgan fingerprint density at radius 3 is 2.54 bits per heavy atom. The average molecular weight is 399 g/mol. The summed E-state index contributed by atoms with van der Waals surface area (Å²) in [4.78, 5) is 12.4. The van der Waals surface area contributed by atoms with Gasteiger partial charge in [-0.2, -0.15) is 10.2 Å². The minimum absolute atomic E-state index is 0.271. The summed E-state index contributed by atoms with van der Waals surface area (Å²) in [6.07, 6.45) is 0. The molecule has 8 heteroatoms. The van der Waals surface area contributed by atoms with Gasteiger partial charge in [-0.1, -0.05) is 23.7 Å². The van der Waals surface area contributed by atoms with Crippen LogP contribution in [0.5, 0.6) is 11.5 Å². The summed E-state index contributed by atoms with van der Waals surface area (Å²) < 4.78 is 10.6. The number of carbonyl (C=O) groups excluding carboxylic acids is 1. The number of hydrogen-bond donors (Lipinski definition) is 2. The van der Waals surface area contributed by atoms with Crippen LogP contribution >= 0.6 is 11.6 Å². The number of amides is 1. The standard InChI is InChI=1S/C20H19ClN4O3/c1-12(13-4-6-14(21)7-5-13)22-25-20(26)18-11-17(23-24-18)16-10-15(27-2)8-9-19(16)28-3/h4-11H,1-3H3,(H,23,24)(H,25,26)/b22-12-. The van der Waals surface area contributed by atoms with E-state index in [0.717, 1.165) is 5.56 Å². The van der Waals surface area contributed by atoms with E-state index < -0.39 is 5.91 Å². The molecule has 7 nitrogen and oxygen atoms in total. The van der Waals surface area contributed by atoms with Crippen LogP contribution in [0.4, 0.5) is 0 Å². The second-order valence-corrected chi connectivity index (χ2v) is 6.31. The second kappa shape index (κ2) is 8.58. The van der Waals surface area contributed by atoms with Crippen LogP contribution < -0.4 is 14.9 Å². The summed E-state index contributed by atoms with van der Waals surface area (Å²) >= 11 is 5.88. The van der Waals surface area contributed by atoms with Crippen molar-refractivity contribution >= 4 is 23.2 Å². The van der Waals surface area contributed by atoms with Crippen LogP contribution in [0.3, 0.4) is 0 Å². The highest BCUT2D eigenvalue weighted by molar-refractivity contribution is 6.30. The van der Waals surface area contributed by atoms with Crippen LogP contribution in [0.15, 0.2) is 53.6 Å². The third-order valence-electron chi connectivity index (χ3n) is 4.09. The first-order valence-electron chi connectivity index (χ1n) is 8.40. The Morgan fingerprint density at radius 1 is 1.11 bits per heavy atom. The monoisotopic (exact) mass is 398 g/mol. The lowest BCUT2D eigenvalue weighted by atomic mass is 10.1. The van der Waals surface area contributed by atoms with E-state index in [4.69, 9.17) is 21.1 Å². The highest BCUT2D eigenvalue weighted by Gasteiger charge is 2.15. The number of hydrazone groups is 1. The molecule has 0 atom stereocenters. The predicted molar refractivity (Wildman–Crippen MR) is 108 cm³/mol. The Hall–Kier alpha value is -3.32. The van der Waals surface area contributed by atoms with Gasteiger partial charge in [-0.25, -0.2) is 5.43 Å². The Balaban J connectivity index is 1.77. The van der Waals surface area contributed by atoms with E-state index in [1.165, 1.54) is 0 Å². The number of carbonyl (C=O) groups is 1. The quantitative estimate of drug-likeness (QED) is 0.486. The van der Waals surface area contributed by atoms with Gasteiger partial charge in [-0.05, 0) is 48.9 Å². The molecule has 3 aromatic rings. The smallest absolute Gasteiger partial charge is 0.289 e. The Kier molecular flexibility index (Phi) is 5.96. The van der Waals surface area contributed by atoms with Gasteiger partial charge < -0.3 is 9.47 Å². The fourth-order valence-corrected chi connectivity index (χ4v) is 2.67. The molecule has 1 amide bonds. The van der Waals surface area contributed by atoms with E-state index in [9.17, 15) is 4.79 Å². The number of ether oxygens (including phenoxy) is 2. The third-order valence-corrected chi connectivity index (χ3v) is 4.34. The van der Waals surface area contributed by atoms with E-state index in [0.29, 0.717) is 33.5 Å². The predicted octanol–water partition coefficient (Wildman–Crippen LogP) is 3.90. The number of halogens is 1. The molecule has 2 aromatic carbocycles. The molecule has 0 bridgehead atoms. The van der Waals surface area contributed by atoms with Crippen molar-refractivity contribution in [2.45, 2.75) is 6.92 Å². The molecule has 0 saturated heterocycles. The van der Waals surface area contributed by atoms with Crippen LogP contribution in [0, 0.1) is 0 Å². The number of methoxy groups -OCH3 is 2. The average Bonchev–Trinajstić information content (AvgIpc) is 3.22. The number of nitrogens with zero attached hydrogens (tertiary/aromatic N) is 2. The van der Waals surface area contributed by atoms with Crippen LogP contribution in [-0.2, 0) is 0 Å². The zero-order valence-corrected chi connectivity index (χ0v) is 16.4. The fourth-order valence-electron chi connectivity index (χ4n) is 2.54. The van der Waals surface area contributed by atoms with Crippen LogP contribution in [0.2, 0.25) is 5.02 Å². The molecule has 28 heavy (non-hydrogen) atoms. The Morgan fingerprint density at radius 2 is 1.86 bits per heavy atom. The lowest BCUT2D eigenvalue weighted by Crippen LogP contribution is -2.19. The maximum atomic E-state index is 12.4. The zero-order valence-electron chi connectivity index (χ0n) is 15.6. The number of hydrogen-bond acceptors (Lipinski definition) is 5. The summed E-state index contributed by atoms with van der Waals surface area (Å²) in [5.74, 6) is 0.873. The molecule has 1 heterocycles. The van der Waals surface area contributed by atoms with Crippen molar-refractivity contribution in [1.29, 1.82) is 0 Å². The van der Waals surface area contributed by atoms with Crippen LogP contribution in [0.1, 0.15) is 23.0 Å². The third kappa shape index (κ3) is 4.32. The zero-order chi connectivity index (χ0) is 20.1. The second-order valence-electron chi connectivity index (χ2n) is 5.88. The molecule has 0 fully saturated rings. The van der Waals surface area contributed by atoms with Gasteiger partial charge in [-0.15, -0.1) is 0 Å². The number of rotatable bonds is 6. The van der Waals surface area contributed by atoms with Crippen LogP contribution in [0.25, 0.3) is 11.3 Å². The van der Waals surface area contributed by atoms with Crippen molar-refractivity contribution in [2.75, 3.05) is 14.2 Å². The number of benzene rings is 2.